The van der Waals surface area contributed by atoms with Crippen LogP contribution in [0.5, 0.6) is 0 Å². The average Bonchev–Trinajstić information content (AvgIpc) is 3.00. The normalized spacial score (nSPS) is 23.3. The lowest BCUT2D eigenvalue weighted by Gasteiger charge is -2.44. The van der Waals surface area contributed by atoms with Gasteiger partial charge < -0.3 is 9.64 Å². The number of sulfonamides is 1. The number of halogens is 1. The third kappa shape index (κ3) is 4.39. The van der Waals surface area contributed by atoms with Gasteiger partial charge >= 0.3 is 0 Å². The van der Waals surface area contributed by atoms with Crippen molar-refractivity contribution in [2.45, 2.75) is 56.1 Å². The Kier molecular flexibility index (Phi) is 7.16. The summed E-state index contributed by atoms with van der Waals surface area (Å²) in [6.07, 6.45) is 2.64. The summed E-state index contributed by atoms with van der Waals surface area (Å²) in [5, 5.41) is 3.57. The van der Waals surface area contributed by atoms with Crippen molar-refractivity contribution in [3.63, 3.8) is 0 Å². The van der Waals surface area contributed by atoms with E-state index in [0.717, 1.165) is 25.0 Å². The number of hydrogen-bond donors (Lipinski definition) is 1. The SMILES string of the molecule is CC[C@H](C)[C@H]1NC2(CCN(S(=O)(=O)c3ccc(F)cc3)CC2)N(CCCOC)C1=O. The predicted octanol–water partition coefficient (Wildman–Crippen LogP) is 2.19. The Hall–Kier alpha value is -1.55. The highest BCUT2D eigenvalue weighted by atomic mass is 32.2. The zero-order valence-electron chi connectivity index (χ0n) is 17.9. The summed E-state index contributed by atoms with van der Waals surface area (Å²) in [6.45, 7) is 5.88. The van der Waals surface area contributed by atoms with Crippen molar-refractivity contribution in [1.29, 1.82) is 0 Å². The summed E-state index contributed by atoms with van der Waals surface area (Å²) in [7, 11) is -2.06. The molecule has 30 heavy (non-hydrogen) atoms. The number of methoxy groups -OCH3 is 1. The summed E-state index contributed by atoms with van der Waals surface area (Å²) >= 11 is 0. The van der Waals surface area contributed by atoms with Crippen LogP contribution in [0.3, 0.4) is 0 Å². The lowest BCUT2D eigenvalue weighted by Crippen LogP contribution is -2.59. The van der Waals surface area contributed by atoms with Gasteiger partial charge in [0.15, 0.2) is 0 Å². The topological polar surface area (TPSA) is 79.0 Å². The van der Waals surface area contributed by atoms with Gasteiger partial charge in [-0.25, -0.2) is 12.8 Å². The Morgan fingerprint density at radius 2 is 1.90 bits per heavy atom. The molecule has 0 bridgehead atoms. The van der Waals surface area contributed by atoms with Gasteiger partial charge in [0.25, 0.3) is 0 Å². The summed E-state index contributed by atoms with van der Waals surface area (Å²) in [6, 6.07) is 4.65. The monoisotopic (exact) mass is 441 g/mol. The average molecular weight is 442 g/mol. The molecule has 2 fully saturated rings. The van der Waals surface area contributed by atoms with Crippen LogP contribution in [0.4, 0.5) is 4.39 Å². The second-order valence-corrected chi connectivity index (χ2v) is 10.2. The summed E-state index contributed by atoms with van der Waals surface area (Å²) < 4.78 is 45.7. The molecule has 1 N–H and O–H groups in total. The van der Waals surface area contributed by atoms with Crippen LogP contribution in [0, 0.1) is 11.7 Å². The first-order valence-electron chi connectivity index (χ1n) is 10.6. The fourth-order valence-corrected chi connectivity index (χ4v) is 5.83. The fraction of sp³-hybridized carbons (Fsp3) is 0.667. The molecule has 0 saturated carbocycles. The Bertz CT molecular complexity index is 838. The van der Waals surface area contributed by atoms with Gasteiger partial charge in [0, 0.05) is 33.4 Å². The van der Waals surface area contributed by atoms with Gasteiger partial charge in [-0.05, 0) is 49.4 Å². The fourth-order valence-electron chi connectivity index (χ4n) is 4.39. The van der Waals surface area contributed by atoms with Crippen LogP contribution >= 0.6 is 0 Å². The predicted molar refractivity (Wildman–Crippen MR) is 112 cm³/mol. The van der Waals surface area contributed by atoms with E-state index in [4.69, 9.17) is 4.74 Å². The van der Waals surface area contributed by atoms with Gasteiger partial charge in [0.2, 0.25) is 15.9 Å². The highest BCUT2D eigenvalue weighted by molar-refractivity contribution is 7.89. The number of benzene rings is 1. The molecule has 1 aromatic carbocycles. The van der Waals surface area contributed by atoms with Crippen LogP contribution in [0.2, 0.25) is 0 Å². The Morgan fingerprint density at radius 1 is 1.27 bits per heavy atom. The number of ether oxygens (including phenoxy) is 1. The van der Waals surface area contributed by atoms with E-state index in [9.17, 15) is 17.6 Å². The van der Waals surface area contributed by atoms with E-state index in [0.29, 0.717) is 39.1 Å². The molecule has 7 nitrogen and oxygen atoms in total. The van der Waals surface area contributed by atoms with Crippen molar-refractivity contribution < 1.29 is 22.3 Å². The van der Waals surface area contributed by atoms with Crippen LogP contribution in [-0.4, -0.2) is 68.6 Å². The van der Waals surface area contributed by atoms with E-state index in [1.165, 1.54) is 16.4 Å². The molecular weight excluding hydrogens is 409 g/mol. The van der Waals surface area contributed by atoms with Crippen LogP contribution in [0.25, 0.3) is 0 Å². The minimum atomic E-state index is -3.70. The molecule has 2 saturated heterocycles. The van der Waals surface area contributed by atoms with Gasteiger partial charge in [-0.15, -0.1) is 0 Å². The number of nitrogens with one attached hydrogen (secondary N) is 1. The molecule has 1 aromatic rings. The van der Waals surface area contributed by atoms with Gasteiger partial charge in [-0.2, -0.15) is 4.31 Å². The third-order valence-corrected chi connectivity index (χ3v) is 8.33. The second-order valence-electron chi connectivity index (χ2n) is 8.23. The maximum Gasteiger partial charge on any atom is 0.243 e. The largest absolute Gasteiger partial charge is 0.385 e. The number of carbonyl (C=O) groups is 1. The van der Waals surface area contributed by atoms with E-state index in [2.05, 4.69) is 19.2 Å². The van der Waals surface area contributed by atoms with Crippen LogP contribution in [0.1, 0.15) is 39.5 Å². The van der Waals surface area contributed by atoms with Crippen molar-refractivity contribution >= 4 is 15.9 Å². The molecule has 0 radical (unpaired) electrons. The summed E-state index contributed by atoms with van der Waals surface area (Å²) in [5.74, 6) is -0.180. The molecule has 1 amide bonds. The van der Waals surface area contributed by atoms with Gasteiger partial charge in [-0.3, -0.25) is 10.1 Å². The van der Waals surface area contributed by atoms with Crippen molar-refractivity contribution in [2.24, 2.45) is 5.92 Å². The van der Waals surface area contributed by atoms with Crippen molar-refractivity contribution in [3.8, 4) is 0 Å². The maximum atomic E-state index is 13.2. The Morgan fingerprint density at radius 3 is 2.47 bits per heavy atom. The molecule has 2 aliphatic rings. The van der Waals surface area contributed by atoms with E-state index in [1.54, 1.807) is 7.11 Å². The molecule has 0 aromatic heterocycles. The molecule has 2 heterocycles. The molecule has 1 spiro atoms. The van der Waals surface area contributed by atoms with Crippen LogP contribution < -0.4 is 5.32 Å². The first kappa shape index (κ1) is 23.1. The number of rotatable bonds is 8. The smallest absolute Gasteiger partial charge is 0.243 e. The standard InChI is InChI=1S/C21H32FN3O4S/c1-4-16(2)19-20(26)25(12-5-15-29-3)21(23-19)10-13-24(14-11-21)30(27,28)18-8-6-17(22)7-9-18/h6-9,16,19,23H,4-5,10-15H2,1-3H3/t16-,19+/m0/s1. The lowest BCUT2D eigenvalue weighted by atomic mass is 9.96. The summed E-state index contributed by atoms with van der Waals surface area (Å²) in [5.41, 5.74) is -0.534. The van der Waals surface area contributed by atoms with Gasteiger partial charge in [-0.1, -0.05) is 20.3 Å². The van der Waals surface area contributed by atoms with Crippen molar-refractivity contribution in [3.05, 3.63) is 30.1 Å². The van der Waals surface area contributed by atoms with Crippen molar-refractivity contribution in [2.75, 3.05) is 33.4 Å². The number of nitrogens with zero attached hydrogens (tertiary/aromatic N) is 2. The molecule has 0 unspecified atom stereocenters. The number of hydrogen-bond acceptors (Lipinski definition) is 5. The molecule has 2 aliphatic heterocycles. The number of amides is 1. The molecule has 0 aliphatic carbocycles. The Labute approximate surface area is 178 Å². The van der Waals surface area contributed by atoms with E-state index < -0.39 is 21.5 Å². The zero-order valence-corrected chi connectivity index (χ0v) is 18.8. The lowest BCUT2D eigenvalue weighted by molar-refractivity contribution is -0.134. The van der Waals surface area contributed by atoms with Gasteiger partial charge in [0.1, 0.15) is 5.82 Å². The van der Waals surface area contributed by atoms with E-state index in [1.807, 2.05) is 4.90 Å². The number of carbonyl (C=O) groups excluding carboxylic acids is 1. The molecule has 9 heteroatoms. The van der Waals surface area contributed by atoms with Crippen LogP contribution in [0.15, 0.2) is 29.2 Å². The molecule has 3 rings (SSSR count). The second kappa shape index (κ2) is 9.30. The molecular formula is C21H32FN3O4S. The maximum absolute atomic E-state index is 13.2. The molecule has 2 atom stereocenters. The highest BCUT2D eigenvalue weighted by Gasteiger charge is 2.53. The minimum absolute atomic E-state index is 0.0877. The first-order chi connectivity index (χ1) is 14.2. The molecule has 168 valence electrons. The summed E-state index contributed by atoms with van der Waals surface area (Å²) in [4.78, 5) is 15.2. The highest BCUT2D eigenvalue weighted by Crippen LogP contribution is 2.36. The first-order valence-corrected chi connectivity index (χ1v) is 12.0. The quantitative estimate of drug-likeness (QED) is 0.626. The Balaban J connectivity index is 1.77. The van der Waals surface area contributed by atoms with E-state index >= 15 is 0 Å². The van der Waals surface area contributed by atoms with E-state index in [-0.39, 0.29) is 22.8 Å². The third-order valence-electron chi connectivity index (χ3n) is 6.42. The zero-order chi connectivity index (χ0) is 21.9. The van der Waals surface area contributed by atoms with Crippen LogP contribution in [-0.2, 0) is 19.6 Å². The van der Waals surface area contributed by atoms with Crippen molar-refractivity contribution in [1.82, 2.24) is 14.5 Å². The minimum Gasteiger partial charge on any atom is -0.385 e. The van der Waals surface area contributed by atoms with Gasteiger partial charge in [0.05, 0.1) is 16.6 Å². The number of piperidine rings is 1.